The van der Waals surface area contributed by atoms with Crippen molar-refractivity contribution in [1.82, 2.24) is 15.2 Å². The Morgan fingerprint density at radius 1 is 0.854 bits per heavy atom. The normalized spacial score (nSPS) is 16.1. The number of para-hydroxylation sites is 1. The number of nitrogens with zero attached hydrogens (tertiary/aromatic N) is 2. The van der Waals surface area contributed by atoms with Gasteiger partial charge in [-0.05, 0) is 111 Å². The van der Waals surface area contributed by atoms with E-state index in [1.165, 1.54) is 21.6 Å². The molecule has 0 aliphatic carbocycles. The van der Waals surface area contributed by atoms with Gasteiger partial charge in [-0.25, -0.2) is 4.79 Å². The van der Waals surface area contributed by atoms with Gasteiger partial charge in [-0.1, -0.05) is 72.8 Å². The Balaban J connectivity index is 1.06. The van der Waals surface area contributed by atoms with Gasteiger partial charge in [-0.3, -0.25) is 14.7 Å². The molecule has 1 aromatic heterocycles. The lowest BCUT2D eigenvalue weighted by Crippen LogP contribution is -2.41. The highest BCUT2D eigenvalue weighted by Crippen LogP contribution is 2.35. The Kier molecular flexibility index (Phi) is 9.76. The molecule has 0 bridgehead atoms. The predicted octanol–water partition coefficient (Wildman–Crippen LogP) is 8.60. The zero-order valence-electron chi connectivity index (χ0n) is 28.2. The van der Waals surface area contributed by atoms with Crippen molar-refractivity contribution in [2.75, 3.05) is 13.2 Å². The summed E-state index contributed by atoms with van der Waals surface area (Å²) in [7, 11) is 0. The molecule has 7 heteroatoms. The van der Waals surface area contributed by atoms with Crippen molar-refractivity contribution in [2.45, 2.75) is 65.0 Å². The fourth-order valence-electron chi connectivity index (χ4n) is 6.42. The molecule has 1 saturated heterocycles. The van der Waals surface area contributed by atoms with E-state index < -0.39 is 5.54 Å². The van der Waals surface area contributed by atoms with Gasteiger partial charge in [0.25, 0.3) is 5.91 Å². The standard InChI is InChI=1S/C41H43N3O4/c1-28(2)48-34-21-19-33(20-22-34)41(4)39(45)44(40(46)43-41)23-9-6-10-24-47-35-17-12-16-31(26-35)37-32(25-30-14-7-5-8-15-30)27-42-38-29(3)13-11-18-36(37)38/h5,7-8,11-22,26-28H,6,9-10,23-25H2,1-4H3,(H,43,46). The molecule has 1 N–H and O–H groups in total. The fraction of sp³-hybridized carbons (Fsp3) is 0.293. The number of hydrogen-bond acceptors (Lipinski definition) is 5. The minimum Gasteiger partial charge on any atom is -0.494 e. The lowest BCUT2D eigenvalue weighted by molar-refractivity contribution is -0.131. The number of carbonyl (C=O) groups excluding carboxylic acids is 2. The van der Waals surface area contributed by atoms with Crippen LogP contribution in [-0.2, 0) is 16.8 Å². The first-order valence-electron chi connectivity index (χ1n) is 16.8. The minimum absolute atomic E-state index is 0.0564. The number of nitrogens with one attached hydrogen (secondary N) is 1. The number of pyridine rings is 1. The van der Waals surface area contributed by atoms with Crippen LogP contribution in [0.25, 0.3) is 22.0 Å². The Morgan fingerprint density at radius 2 is 1.62 bits per heavy atom. The number of urea groups is 1. The molecule has 1 aliphatic heterocycles. The van der Waals surface area contributed by atoms with Gasteiger partial charge >= 0.3 is 6.03 Å². The van der Waals surface area contributed by atoms with Gasteiger partial charge in [0.2, 0.25) is 0 Å². The zero-order chi connectivity index (χ0) is 33.7. The number of benzene rings is 4. The number of amides is 3. The van der Waals surface area contributed by atoms with E-state index in [2.05, 4.69) is 66.8 Å². The van der Waals surface area contributed by atoms with Crippen molar-refractivity contribution in [3.05, 3.63) is 126 Å². The summed E-state index contributed by atoms with van der Waals surface area (Å²) in [6.45, 7) is 8.69. The number of aryl methyl sites for hydroxylation is 1. The molecule has 0 spiro atoms. The zero-order valence-corrected chi connectivity index (χ0v) is 28.2. The van der Waals surface area contributed by atoms with E-state index in [0.29, 0.717) is 19.6 Å². The Bertz CT molecular complexity index is 1910. The maximum absolute atomic E-state index is 13.4. The summed E-state index contributed by atoms with van der Waals surface area (Å²) in [5.41, 5.74) is 6.48. The van der Waals surface area contributed by atoms with Crippen molar-refractivity contribution in [3.63, 3.8) is 0 Å². The van der Waals surface area contributed by atoms with Crippen LogP contribution in [0.1, 0.15) is 62.3 Å². The maximum atomic E-state index is 13.4. The Labute approximate surface area is 282 Å². The highest BCUT2D eigenvalue weighted by atomic mass is 16.5. The summed E-state index contributed by atoms with van der Waals surface area (Å²) in [6.07, 6.45) is 5.18. The van der Waals surface area contributed by atoms with Crippen molar-refractivity contribution < 1.29 is 19.1 Å². The molecular formula is C41H43N3O4. The summed E-state index contributed by atoms with van der Waals surface area (Å²) in [5.74, 6) is 1.31. The molecule has 246 valence electrons. The molecular weight excluding hydrogens is 598 g/mol. The quantitative estimate of drug-likeness (QED) is 0.103. The number of rotatable bonds is 13. The number of hydrogen-bond donors (Lipinski definition) is 1. The number of unbranched alkanes of at least 4 members (excludes halogenated alkanes) is 2. The maximum Gasteiger partial charge on any atom is 0.325 e. The average molecular weight is 642 g/mol. The van der Waals surface area contributed by atoms with Gasteiger partial charge in [0.15, 0.2) is 0 Å². The lowest BCUT2D eigenvalue weighted by Gasteiger charge is -2.22. The van der Waals surface area contributed by atoms with Crippen LogP contribution in [0, 0.1) is 6.92 Å². The summed E-state index contributed by atoms with van der Waals surface area (Å²) in [4.78, 5) is 32.4. The fourth-order valence-corrected chi connectivity index (χ4v) is 6.42. The lowest BCUT2D eigenvalue weighted by atomic mass is 9.92. The van der Waals surface area contributed by atoms with Crippen LogP contribution in [0.4, 0.5) is 4.79 Å². The van der Waals surface area contributed by atoms with Gasteiger partial charge in [0, 0.05) is 18.1 Å². The highest BCUT2D eigenvalue weighted by Gasteiger charge is 2.48. The molecule has 1 unspecified atom stereocenters. The molecule has 7 nitrogen and oxygen atoms in total. The SMILES string of the molecule is Cc1cccc2c(-c3cccc(OCCCCCN4C(=O)NC(C)(c5ccc(OC(C)C)cc5)C4=O)c3)c(Cc3ccccc3)cnc12. The van der Waals surface area contributed by atoms with E-state index in [1.54, 1.807) is 6.92 Å². The molecule has 48 heavy (non-hydrogen) atoms. The molecule has 4 aromatic carbocycles. The third kappa shape index (κ3) is 7.05. The van der Waals surface area contributed by atoms with Crippen LogP contribution < -0.4 is 14.8 Å². The van der Waals surface area contributed by atoms with E-state index in [4.69, 9.17) is 14.5 Å². The summed E-state index contributed by atoms with van der Waals surface area (Å²) < 4.78 is 11.9. The van der Waals surface area contributed by atoms with Crippen LogP contribution in [0.5, 0.6) is 11.5 Å². The minimum atomic E-state index is -1.10. The number of imide groups is 1. The van der Waals surface area contributed by atoms with E-state index in [1.807, 2.05) is 62.5 Å². The molecule has 0 radical (unpaired) electrons. The second kappa shape index (κ2) is 14.3. The Morgan fingerprint density at radius 3 is 2.40 bits per heavy atom. The van der Waals surface area contributed by atoms with Crippen molar-refractivity contribution in [3.8, 4) is 22.6 Å². The molecule has 6 rings (SSSR count). The average Bonchev–Trinajstić information content (AvgIpc) is 3.30. The smallest absolute Gasteiger partial charge is 0.325 e. The first-order chi connectivity index (χ1) is 23.2. The second-order valence-corrected chi connectivity index (χ2v) is 12.9. The topological polar surface area (TPSA) is 80.8 Å². The third-order valence-electron chi connectivity index (χ3n) is 8.91. The molecule has 1 aliphatic rings. The van der Waals surface area contributed by atoms with Gasteiger partial charge in [0.1, 0.15) is 17.0 Å². The van der Waals surface area contributed by atoms with Gasteiger partial charge < -0.3 is 14.8 Å². The van der Waals surface area contributed by atoms with E-state index >= 15 is 0 Å². The summed E-state index contributed by atoms with van der Waals surface area (Å²) in [5, 5.41) is 4.03. The van der Waals surface area contributed by atoms with Crippen LogP contribution in [0.15, 0.2) is 103 Å². The van der Waals surface area contributed by atoms with Crippen LogP contribution in [0.3, 0.4) is 0 Å². The molecule has 1 atom stereocenters. The first-order valence-corrected chi connectivity index (χ1v) is 16.8. The summed E-state index contributed by atoms with van der Waals surface area (Å²) >= 11 is 0. The van der Waals surface area contributed by atoms with Crippen molar-refractivity contribution >= 4 is 22.8 Å². The largest absolute Gasteiger partial charge is 0.494 e. The molecule has 3 amide bonds. The van der Waals surface area contributed by atoms with Crippen molar-refractivity contribution in [1.29, 1.82) is 0 Å². The van der Waals surface area contributed by atoms with Gasteiger partial charge in [-0.15, -0.1) is 0 Å². The van der Waals surface area contributed by atoms with E-state index in [0.717, 1.165) is 58.4 Å². The summed E-state index contributed by atoms with van der Waals surface area (Å²) in [6, 6.07) is 32.1. The van der Waals surface area contributed by atoms with Crippen LogP contribution in [0.2, 0.25) is 0 Å². The number of ether oxygens (including phenoxy) is 2. The molecule has 1 fully saturated rings. The number of aromatic nitrogens is 1. The van der Waals surface area contributed by atoms with Crippen LogP contribution in [-0.4, -0.2) is 41.1 Å². The Hall–Kier alpha value is -5.17. The number of fused-ring (bicyclic) bond motifs is 1. The monoisotopic (exact) mass is 641 g/mol. The third-order valence-corrected chi connectivity index (χ3v) is 8.91. The molecule has 2 heterocycles. The molecule has 5 aromatic rings. The van der Waals surface area contributed by atoms with Gasteiger partial charge in [-0.2, -0.15) is 0 Å². The first kappa shape index (κ1) is 32.8. The van der Waals surface area contributed by atoms with E-state index in [9.17, 15) is 9.59 Å². The van der Waals surface area contributed by atoms with Crippen LogP contribution >= 0.6 is 0 Å². The highest BCUT2D eigenvalue weighted by molar-refractivity contribution is 6.07. The molecule has 0 saturated carbocycles. The van der Waals surface area contributed by atoms with Crippen molar-refractivity contribution in [2.24, 2.45) is 0 Å². The van der Waals surface area contributed by atoms with Gasteiger partial charge in [0.05, 0.1) is 18.2 Å². The predicted molar refractivity (Wildman–Crippen MR) is 190 cm³/mol. The number of carbonyl (C=O) groups is 2. The second-order valence-electron chi connectivity index (χ2n) is 12.9. The van der Waals surface area contributed by atoms with E-state index in [-0.39, 0.29) is 18.0 Å².